The Morgan fingerprint density at radius 1 is 1.11 bits per heavy atom. The maximum Gasteiger partial charge on any atom is 0.377 e. The topological polar surface area (TPSA) is 94.1 Å². The highest BCUT2D eigenvalue weighted by Gasteiger charge is 2.37. The van der Waals surface area contributed by atoms with Gasteiger partial charge in [0.2, 0.25) is 0 Å². The fourth-order valence-corrected chi connectivity index (χ4v) is 2.50. The number of carbonyl (C=O) groups excluding carboxylic acids is 2. The second kappa shape index (κ2) is 9.41. The van der Waals surface area contributed by atoms with Crippen LogP contribution in [0.4, 0.5) is 0 Å². The molecule has 0 amide bonds. The third kappa shape index (κ3) is 5.60. The van der Waals surface area contributed by atoms with Gasteiger partial charge in [0.25, 0.3) is 5.78 Å². The first-order valence-corrected chi connectivity index (χ1v) is 9.18. The van der Waals surface area contributed by atoms with E-state index in [1.165, 1.54) is 13.8 Å². The van der Waals surface area contributed by atoms with E-state index in [0.29, 0.717) is 12.3 Å². The Hall–Kier alpha value is -2.80. The van der Waals surface area contributed by atoms with Crippen molar-refractivity contribution in [3.8, 4) is 5.75 Å². The van der Waals surface area contributed by atoms with Gasteiger partial charge in [-0.05, 0) is 25.3 Å². The van der Waals surface area contributed by atoms with Crippen LogP contribution in [-0.2, 0) is 14.3 Å². The first-order chi connectivity index (χ1) is 13.2. The van der Waals surface area contributed by atoms with Crippen molar-refractivity contribution in [1.82, 2.24) is 5.32 Å². The van der Waals surface area contributed by atoms with Crippen LogP contribution in [0.2, 0.25) is 0 Å². The highest BCUT2D eigenvalue weighted by atomic mass is 16.6. The minimum atomic E-state index is -1.66. The van der Waals surface area contributed by atoms with Gasteiger partial charge < -0.3 is 14.8 Å². The van der Waals surface area contributed by atoms with Gasteiger partial charge in [0.1, 0.15) is 18.5 Å². The quantitative estimate of drug-likeness (QED) is 0.383. The number of esters is 1. The van der Waals surface area contributed by atoms with Gasteiger partial charge in [-0.2, -0.15) is 0 Å². The standard InChI is InChI=1S/C21H26N2O5/c1-14(2)22-12-16(28-20(25)19(24)21(3,4)23-26)13-27-18-11-7-9-15-8-5-6-10-17(15)18/h5-11,14,16,22H,12-13H2,1-4H3. The molecule has 1 unspecified atom stereocenters. The third-order valence-corrected chi connectivity index (χ3v) is 4.17. The predicted octanol–water partition coefficient (Wildman–Crippen LogP) is 3.24. The SMILES string of the molecule is CC(C)NCC(COc1cccc2ccccc12)OC(=O)C(=O)C(C)(C)N=O. The van der Waals surface area contributed by atoms with Crippen LogP contribution in [0, 0.1) is 4.91 Å². The van der Waals surface area contributed by atoms with Gasteiger partial charge in [-0.25, -0.2) is 4.79 Å². The zero-order valence-electron chi connectivity index (χ0n) is 16.6. The van der Waals surface area contributed by atoms with Crippen molar-refractivity contribution in [3.05, 3.63) is 47.4 Å². The second-order valence-electron chi connectivity index (χ2n) is 7.36. The Balaban J connectivity index is 2.11. The monoisotopic (exact) mass is 386 g/mol. The molecule has 2 rings (SSSR count). The third-order valence-electron chi connectivity index (χ3n) is 4.17. The van der Waals surface area contributed by atoms with E-state index >= 15 is 0 Å². The van der Waals surface area contributed by atoms with E-state index in [9.17, 15) is 14.5 Å². The Kier molecular flexibility index (Phi) is 7.23. The van der Waals surface area contributed by atoms with E-state index in [2.05, 4.69) is 10.5 Å². The predicted molar refractivity (Wildman–Crippen MR) is 107 cm³/mol. The summed E-state index contributed by atoms with van der Waals surface area (Å²) in [6.45, 7) is 6.82. The number of hydrogen-bond acceptors (Lipinski definition) is 7. The molecule has 0 saturated heterocycles. The number of fused-ring (bicyclic) bond motifs is 1. The van der Waals surface area contributed by atoms with Gasteiger partial charge in [-0.15, -0.1) is 4.91 Å². The Morgan fingerprint density at radius 3 is 2.46 bits per heavy atom. The number of ether oxygens (including phenoxy) is 2. The number of Topliss-reactive ketones (excluding diaryl/α,β-unsaturated/α-hetero) is 1. The number of ketones is 1. The first kappa shape index (κ1) is 21.5. The molecule has 0 saturated carbocycles. The van der Waals surface area contributed by atoms with E-state index in [-0.39, 0.29) is 12.6 Å². The molecular formula is C21H26N2O5. The molecule has 150 valence electrons. The minimum Gasteiger partial charge on any atom is -0.489 e. The summed E-state index contributed by atoms with van der Waals surface area (Å²) in [7, 11) is 0. The lowest BCUT2D eigenvalue weighted by Gasteiger charge is -2.22. The highest BCUT2D eigenvalue weighted by Crippen LogP contribution is 2.25. The number of carbonyl (C=O) groups is 2. The van der Waals surface area contributed by atoms with Crippen molar-refractivity contribution in [2.24, 2.45) is 5.18 Å². The summed E-state index contributed by atoms with van der Waals surface area (Å²) in [5.74, 6) is -1.42. The van der Waals surface area contributed by atoms with Gasteiger partial charge >= 0.3 is 5.97 Å². The van der Waals surface area contributed by atoms with Crippen molar-refractivity contribution in [2.75, 3.05) is 13.2 Å². The van der Waals surface area contributed by atoms with Gasteiger partial charge in [-0.1, -0.05) is 55.4 Å². The molecule has 0 radical (unpaired) electrons. The second-order valence-corrected chi connectivity index (χ2v) is 7.36. The minimum absolute atomic E-state index is 0.0572. The fourth-order valence-electron chi connectivity index (χ4n) is 2.50. The average Bonchev–Trinajstić information content (AvgIpc) is 2.69. The summed E-state index contributed by atoms with van der Waals surface area (Å²) in [5.41, 5.74) is -1.66. The van der Waals surface area contributed by atoms with E-state index in [1.807, 2.05) is 56.3 Å². The Bertz CT molecular complexity index is 842. The van der Waals surface area contributed by atoms with E-state index in [0.717, 1.165) is 10.8 Å². The number of nitrogens with one attached hydrogen (secondary N) is 1. The number of hydrogen-bond donors (Lipinski definition) is 1. The molecule has 7 nitrogen and oxygen atoms in total. The van der Waals surface area contributed by atoms with Gasteiger partial charge in [0.15, 0.2) is 5.54 Å². The molecule has 7 heteroatoms. The van der Waals surface area contributed by atoms with Gasteiger partial charge in [-0.3, -0.25) is 4.79 Å². The summed E-state index contributed by atoms with van der Waals surface area (Å²) in [4.78, 5) is 35.1. The lowest BCUT2D eigenvalue weighted by molar-refractivity contribution is -0.160. The zero-order valence-corrected chi connectivity index (χ0v) is 16.6. The fraction of sp³-hybridized carbons (Fsp3) is 0.429. The maximum atomic E-state index is 12.2. The van der Waals surface area contributed by atoms with E-state index in [4.69, 9.17) is 9.47 Å². The number of rotatable bonds is 10. The van der Waals surface area contributed by atoms with Crippen molar-refractivity contribution < 1.29 is 19.1 Å². The lowest BCUT2D eigenvalue weighted by Crippen LogP contribution is -2.43. The van der Waals surface area contributed by atoms with Crippen LogP contribution in [0.25, 0.3) is 10.8 Å². The van der Waals surface area contributed by atoms with Crippen molar-refractivity contribution in [3.63, 3.8) is 0 Å². The number of nitroso groups, excluding NO2 is 1. The molecule has 28 heavy (non-hydrogen) atoms. The summed E-state index contributed by atoms with van der Waals surface area (Å²) in [5, 5.41) is 7.84. The molecule has 1 N–H and O–H groups in total. The molecule has 0 heterocycles. The van der Waals surface area contributed by atoms with E-state index < -0.39 is 23.4 Å². The smallest absolute Gasteiger partial charge is 0.377 e. The molecule has 0 aromatic heterocycles. The highest BCUT2D eigenvalue weighted by molar-refractivity contribution is 6.37. The molecular weight excluding hydrogens is 360 g/mol. The van der Waals surface area contributed by atoms with Crippen LogP contribution in [0.1, 0.15) is 27.7 Å². The van der Waals surface area contributed by atoms with Crippen LogP contribution in [0.5, 0.6) is 5.75 Å². The van der Waals surface area contributed by atoms with Crippen LogP contribution in [0.15, 0.2) is 47.6 Å². The molecule has 2 aromatic rings. The number of nitrogens with zero attached hydrogens (tertiary/aromatic N) is 1. The Morgan fingerprint density at radius 2 is 1.79 bits per heavy atom. The van der Waals surface area contributed by atoms with Crippen molar-refractivity contribution >= 4 is 22.5 Å². The van der Waals surface area contributed by atoms with Gasteiger partial charge in [0, 0.05) is 18.0 Å². The molecule has 0 bridgehead atoms. The van der Waals surface area contributed by atoms with Crippen molar-refractivity contribution in [2.45, 2.75) is 45.4 Å². The molecule has 0 spiro atoms. The molecule has 1 atom stereocenters. The summed E-state index contributed by atoms with van der Waals surface area (Å²) in [6.07, 6.45) is -0.708. The molecule has 0 aliphatic carbocycles. The summed E-state index contributed by atoms with van der Waals surface area (Å²) < 4.78 is 11.2. The van der Waals surface area contributed by atoms with Crippen molar-refractivity contribution in [1.29, 1.82) is 0 Å². The average molecular weight is 386 g/mol. The largest absolute Gasteiger partial charge is 0.489 e. The lowest BCUT2D eigenvalue weighted by atomic mass is 10.0. The van der Waals surface area contributed by atoms with Crippen LogP contribution < -0.4 is 10.1 Å². The maximum absolute atomic E-state index is 12.2. The molecule has 0 aliphatic rings. The molecule has 0 aliphatic heterocycles. The Labute approximate surface area is 164 Å². The summed E-state index contributed by atoms with van der Waals surface area (Å²) >= 11 is 0. The number of benzene rings is 2. The van der Waals surface area contributed by atoms with Gasteiger partial charge in [0.05, 0.1) is 0 Å². The van der Waals surface area contributed by atoms with E-state index in [1.54, 1.807) is 0 Å². The zero-order chi connectivity index (χ0) is 20.7. The molecule has 2 aromatic carbocycles. The van der Waals surface area contributed by atoms with Crippen LogP contribution >= 0.6 is 0 Å². The molecule has 0 fully saturated rings. The first-order valence-electron chi connectivity index (χ1n) is 9.18. The normalized spacial score (nSPS) is 12.6. The van der Waals surface area contributed by atoms with Crippen LogP contribution in [-0.4, -0.2) is 42.6 Å². The summed E-state index contributed by atoms with van der Waals surface area (Å²) in [6, 6.07) is 13.6. The van der Waals surface area contributed by atoms with Crippen LogP contribution in [0.3, 0.4) is 0 Å².